The van der Waals surface area contributed by atoms with Crippen molar-refractivity contribution in [1.29, 1.82) is 0 Å². The minimum absolute atomic E-state index is 0.0130. The summed E-state index contributed by atoms with van der Waals surface area (Å²) in [5.41, 5.74) is 0. The second-order valence-electron chi connectivity index (χ2n) is 4.61. The van der Waals surface area contributed by atoms with Gasteiger partial charge in [-0.05, 0) is 19.3 Å². The Balaban J connectivity index is 2.73. The highest BCUT2D eigenvalue weighted by Gasteiger charge is 2.44. The predicted molar refractivity (Wildman–Crippen MR) is 67.2 cm³/mol. The van der Waals surface area contributed by atoms with Gasteiger partial charge in [-0.3, -0.25) is 0 Å². The van der Waals surface area contributed by atoms with Gasteiger partial charge in [-0.25, -0.2) is 0 Å². The lowest BCUT2D eigenvalue weighted by Gasteiger charge is -2.35. The largest absolute Gasteiger partial charge is 0.393 e. The first-order chi connectivity index (χ1) is 8.69. The summed E-state index contributed by atoms with van der Waals surface area (Å²) in [6.07, 6.45) is -3.66. The molecule has 1 rings (SSSR count). The summed E-state index contributed by atoms with van der Waals surface area (Å²) >= 11 is 5.48. The Morgan fingerprint density at radius 3 is 2.58 bits per heavy atom. The molecule has 1 saturated heterocycles. The topological polar surface area (TPSA) is 40.6 Å². The summed E-state index contributed by atoms with van der Waals surface area (Å²) in [5.74, 6) is -1.26. The van der Waals surface area contributed by atoms with Gasteiger partial charge in [-0.15, -0.1) is 11.6 Å². The molecule has 0 aromatic rings. The van der Waals surface area contributed by atoms with Crippen LogP contribution in [0.4, 0.5) is 13.2 Å². The molecule has 0 aromatic heterocycles. The van der Waals surface area contributed by atoms with Crippen molar-refractivity contribution in [1.82, 2.24) is 8.61 Å². The van der Waals surface area contributed by atoms with Gasteiger partial charge in [-0.1, -0.05) is 0 Å². The molecule has 4 nitrogen and oxygen atoms in total. The average molecular weight is 323 g/mol. The van der Waals surface area contributed by atoms with E-state index in [0.717, 1.165) is 8.61 Å². The number of rotatable bonds is 5. The van der Waals surface area contributed by atoms with Gasteiger partial charge >= 0.3 is 6.18 Å². The third kappa shape index (κ3) is 4.47. The van der Waals surface area contributed by atoms with Crippen molar-refractivity contribution >= 4 is 21.8 Å². The Hall–Kier alpha value is -0.0500. The van der Waals surface area contributed by atoms with Crippen LogP contribution in [0, 0.1) is 5.92 Å². The van der Waals surface area contributed by atoms with E-state index in [0.29, 0.717) is 12.3 Å². The molecule has 1 aliphatic rings. The molecule has 1 atom stereocenters. The summed E-state index contributed by atoms with van der Waals surface area (Å²) < 4.78 is 64.2. The Bertz CT molecular complexity index is 389. The highest BCUT2D eigenvalue weighted by Crippen LogP contribution is 2.34. The Labute approximate surface area is 116 Å². The van der Waals surface area contributed by atoms with Gasteiger partial charge in [0.25, 0.3) is 10.2 Å². The van der Waals surface area contributed by atoms with Crippen molar-refractivity contribution in [2.75, 3.05) is 32.6 Å². The first-order valence-electron chi connectivity index (χ1n) is 6.03. The molecule has 0 spiro atoms. The maximum absolute atomic E-state index is 12.7. The smallest absolute Gasteiger partial charge is 0.195 e. The standard InChI is InChI=1S/C10H18ClF3N2O2S/c1-15(6-3-5-11)19(17,18)16-7-2-4-9(8-16)10(12,13)14/h9H,2-8H2,1H3. The monoisotopic (exact) mass is 322 g/mol. The van der Waals surface area contributed by atoms with E-state index in [1.54, 1.807) is 0 Å². The number of alkyl halides is 4. The third-order valence-electron chi connectivity index (χ3n) is 3.17. The molecule has 19 heavy (non-hydrogen) atoms. The van der Waals surface area contributed by atoms with Gasteiger partial charge in [0.2, 0.25) is 0 Å². The molecule has 9 heteroatoms. The minimum atomic E-state index is -4.34. The summed E-state index contributed by atoms with van der Waals surface area (Å²) in [7, 11) is -2.46. The maximum atomic E-state index is 12.7. The lowest BCUT2D eigenvalue weighted by Crippen LogP contribution is -2.49. The first-order valence-corrected chi connectivity index (χ1v) is 7.97. The molecule has 0 N–H and O–H groups in total. The predicted octanol–water partition coefficient (Wildman–Crippen LogP) is 2.07. The number of hydrogen-bond acceptors (Lipinski definition) is 2. The van der Waals surface area contributed by atoms with Crippen molar-refractivity contribution in [3.63, 3.8) is 0 Å². The third-order valence-corrected chi connectivity index (χ3v) is 5.40. The molecule has 1 unspecified atom stereocenters. The zero-order valence-corrected chi connectivity index (χ0v) is 12.2. The van der Waals surface area contributed by atoms with E-state index in [4.69, 9.17) is 11.6 Å². The fraction of sp³-hybridized carbons (Fsp3) is 1.00. The van der Waals surface area contributed by atoms with Gasteiger partial charge in [0, 0.05) is 32.6 Å². The SMILES string of the molecule is CN(CCCCl)S(=O)(=O)N1CCCC(C(F)(F)F)C1. The Morgan fingerprint density at radius 2 is 2.05 bits per heavy atom. The van der Waals surface area contributed by atoms with Crippen LogP contribution in [0.5, 0.6) is 0 Å². The molecule has 1 heterocycles. The van der Waals surface area contributed by atoms with E-state index >= 15 is 0 Å². The molecule has 0 bridgehead atoms. The summed E-state index contributed by atoms with van der Waals surface area (Å²) in [5, 5.41) is 0. The molecule has 1 fully saturated rings. The number of hydrogen-bond donors (Lipinski definition) is 0. The van der Waals surface area contributed by atoms with Crippen LogP contribution in [0.25, 0.3) is 0 Å². The number of piperidine rings is 1. The van der Waals surface area contributed by atoms with Crippen LogP contribution in [-0.2, 0) is 10.2 Å². The quantitative estimate of drug-likeness (QED) is 0.727. The van der Waals surface area contributed by atoms with Gasteiger partial charge < -0.3 is 0 Å². The van der Waals surface area contributed by atoms with Crippen LogP contribution in [0.15, 0.2) is 0 Å². The van der Waals surface area contributed by atoms with Crippen LogP contribution in [0.1, 0.15) is 19.3 Å². The van der Waals surface area contributed by atoms with Crippen LogP contribution >= 0.6 is 11.6 Å². The summed E-state index contributed by atoms with van der Waals surface area (Å²) in [4.78, 5) is 0. The van der Waals surface area contributed by atoms with E-state index in [-0.39, 0.29) is 25.9 Å². The summed E-state index contributed by atoms with van der Waals surface area (Å²) in [6.45, 7) is -0.143. The average Bonchev–Trinajstić information content (AvgIpc) is 2.35. The van der Waals surface area contributed by atoms with Crippen LogP contribution in [0.3, 0.4) is 0 Å². The van der Waals surface area contributed by atoms with Crippen molar-refractivity contribution in [2.45, 2.75) is 25.4 Å². The van der Waals surface area contributed by atoms with Gasteiger partial charge in [0.15, 0.2) is 0 Å². The van der Waals surface area contributed by atoms with Gasteiger partial charge in [0.1, 0.15) is 0 Å². The van der Waals surface area contributed by atoms with Crippen molar-refractivity contribution in [3.05, 3.63) is 0 Å². The van der Waals surface area contributed by atoms with Crippen LogP contribution < -0.4 is 0 Å². The van der Waals surface area contributed by atoms with E-state index < -0.39 is 28.8 Å². The van der Waals surface area contributed by atoms with Crippen molar-refractivity contribution in [3.8, 4) is 0 Å². The lowest BCUT2D eigenvalue weighted by molar-refractivity contribution is -0.182. The maximum Gasteiger partial charge on any atom is 0.393 e. The zero-order chi connectivity index (χ0) is 14.7. The lowest BCUT2D eigenvalue weighted by atomic mass is 9.99. The fourth-order valence-electron chi connectivity index (χ4n) is 2.01. The van der Waals surface area contributed by atoms with Crippen molar-refractivity contribution in [2.24, 2.45) is 5.92 Å². The Kier molecular flexibility index (Phi) is 5.91. The van der Waals surface area contributed by atoms with Gasteiger partial charge in [-0.2, -0.15) is 30.2 Å². The highest BCUT2D eigenvalue weighted by molar-refractivity contribution is 7.86. The van der Waals surface area contributed by atoms with Crippen molar-refractivity contribution < 1.29 is 21.6 Å². The molecular weight excluding hydrogens is 305 g/mol. The zero-order valence-electron chi connectivity index (χ0n) is 10.7. The number of nitrogens with zero attached hydrogens (tertiary/aromatic N) is 2. The molecule has 0 radical (unpaired) electrons. The highest BCUT2D eigenvalue weighted by atomic mass is 35.5. The van der Waals surface area contributed by atoms with E-state index in [2.05, 4.69) is 0 Å². The molecule has 0 aromatic carbocycles. The fourth-order valence-corrected chi connectivity index (χ4v) is 3.62. The second-order valence-corrected chi connectivity index (χ2v) is 7.02. The number of halogens is 4. The van der Waals surface area contributed by atoms with Crippen LogP contribution in [0.2, 0.25) is 0 Å². The molecule has 1 aliphatic heterocycles. The molecular formula is C10H18ClF3N2O2S. The summed E-state index contributed by atoms with van der Waals surface area (Å²) in [6, 6.07) is 0. The molecule has 0 aliphatic carbocycles. The second kappa shape index (κ2) is 6.60. The molecule has 114 valence electrons. The van der Waals surface area contributed by atoms with E-state index in [1.807, 2.05) is 0 Å². The molecule has 0 saturated carbocycles. The molecule has 0 amide bonds. The normalized spacial score (nSPS) is 22.9. The van der Waals surface area contributed by atoms with Crippen LogP contribution in [-0.4, -0.2) is 55.8 Å². The minimum Gasteiger partial charge on any atom is -0.195 e. The van der Waals surface area contributed by atoms with Gasteiger partial charge in [0.05, 0.1) is 5.92 Å². The van der Waals surface area contributed by atoms with E-state index in [9.17, 15) is 21.6 Å². The Morgan fingerprint density at radius 1 is 1.42 bits per heavy atom. The van der Waals surface area contributed by atoms with E-state index in [1.165, 1.54) is 7.05 Å². The first kappa shape index (κ1) is 17.0.